The van der Waals surface area contributed by atoms with E-state index < -0.39 is 17.8 Å². The first-order valence-electron chi connectivity index (χ1n) is 6.05. The minimum absolute atomic E-state index is 0.0298. The zero-order chi connectivity index (χ0) is 14.4. The third-order valence-corrected chi connectivity index (χ3v) is 2.30. The minimum Gasteiger partial charge on any atom is -0.481 e. The first-order chi connectivity index (χ1) is 8.90. The Morgan fingerprint density at radius 1 is 1.37 bits per heavy atom. The highest BCUT2D eigenvalue weighted by Crippen LogP contribution is 2.09. The van der Waals surface area contributed by atoms with Gasteiger partial charge < -0.3 is 15.2 Å². The molecule has 1 amide bonds. The molecule has 0 radical (unpaired) electrons. The lowest BCUT2D eigenvalue weighted by molar-refractivity contribution is -0.140. The number of amides is 1. The van der Waals surface area contributed by atoms with Crippen molar-refractivity contribution in [3.05, 3.63) is 23.9 Å². The van der Waals surface area contributed by atoms with Crippen LogP contribution in [0.4, 0.5) is 0 Å². The Hall–Kier alpha value is -2.11. The molecule has 0 aliphatic heterocycles. The molecule has 0 saturated heterocycles. The minimum atomic E-state index is -0.954. The lowest BCUT2D eigenvalue weighted by Crippen LogP contribution is -2.32. The highest BCUT2D eigenvalue weighted by atomic mass is 16.5. The number of carboxylic acids is 1. The first kappa shape index (κ1) is 14.9. The lowest BCUT2D eigenvalue weighted by Gasteiger charge is -2.10. The number of carbonyl (C=O) groups is 2. The van der Waals surface area contributed by atoms with Crippen molar-refractivity contribution in [2.24, 2.45) is 5.92 Å². The van der Waals surface area contributed by atoms with E-state index in [0.29, 0.717) is 5.88 Å². The Morgan fingerprint density at radius 2 is 2.05 bits per heavy atom. The number of carbonyl (C=O) groups excluding carboxylic acids is 1. The van der Waals surface area contributed by atoms with Crippen LogP contribution in [0.15, 0.2) is 18.2 Å². The van der Waals surface area contributed by atoms with Gasteiger partial charge in [0.1, 0.15) is 5.69 Å². The monoisotopic (exact) mass is 266 g/mol. The number of rotatable bonds is 6. The Morgan fingerprint density at radius 3 is 2.63 bits per heavy atom. The summed E-state index contributed by atoms with van der Waals surface area (Å²) < 4.78 is 5.38. The summed E-state index contributed by atoms with van der Waals surface area (Å²) in [5, 5.41) is 11.2. The maximum atomic E-state index is 11.8. The fourth-order valence-corrected chi connectivity index (χ4v) is 1.27. The summed E-state index contributed by atoms with van der Waals surface area (Å²) in [4.78, 5) is 26.5. The fraction of sp³-hybridized carbons (Fsp3) is 0.462. The largest absolute Gasteiger partial charge is 0.481 e. The quantitative estimate of drug-likeness (QED) is 0.810. The van der Waals surface area contributed by atoms with E-state index in [1.54, 1.807) is 18.2 Å². The molecule has 1 heterocycles. The summed E-state index contributed by atoms with van der Waals surface area (Å²) in [6.07, 6.45) is -0.0298. The molecule has 1 aromatic rings. The molecule has 0 bridgehead atoms. The number of aromatic nitrogens is 1. The smallest absolute Gasteiger partial charge is 0.308 e. The summed E-state index contributed by atoms with van der Waals surface area (Å²) in [6.45, 7) is 5.31. The third-order valence-electron chi connectivity index (χ3n) is 2.30. The van der Waals surface area contributed by atoms with Gasteiger partial charge in [0.2, 0.25) is 5.88 Å². The van der Waals surface area contributed by atoms with Crippen molar-refractivity contribution in [3.63, 3.8) is 0 Å². The second-order valence-electron chi connectivity index (χ2n) is 4.48. The Labute approximate surface area is 111 Å². The van der Waals surface area contributed by atoms with Crippen LogP contribution in [0.25, 0.3) is 0 Å². The molecule has 1 atom stereocenters. The highest BCUT2D eigenvalue weighted by molar-refractivity contribution is 5.92. The van der Waals surface area contributed by atoms with Gasteiger partial charge in [-0.25, -0.2) is 4.98 Å². The van der Waals surface area contributed by atoms with Crippen molar-refractivity contribution in [2.45, 2.75) is 26.9 Å². The molecule has 0 aromatic carbocycles. The van der Waals surface area contributed by atoms with Crippen LogP contribution in [0.5, 0.6) is 5.88 Å². The van der Waals surface area contributed by atoms with Gasteiger partial charge in [-0.05, 0) is 19.9 Å². The number of nitrogens with one attached hydrogen (secondary N) is 1. The molecular weight excluding hydrogens is 248 g/mol. The molecule has 104 valence electrons. The van der Waals surface area contributed by atoms with Gasteiger partial charge in [0, 0.05) is 12.6 Å². The van der Waals surface area contributed by atoms with Crippen molar-refractivity contribution in [3.8, 4) is 5.88 Å². The topological polar surface area (TPSA) is 88.5 Å². The molecule has 1 rings (SSSR count). The number of carboxylic acid groups (broad SMARTS) is 1. The molecule has 0 saturated carbocycles. The Bertz CT molecular complexity index is 460. The van der Waals surface area contributed by atoms with Crippen LogP contribution in [0, 0.1) is 5.92 Å². The molecule has 2 N–H and O–H groups in total. The van der Waals surface area contributed by atoms with Crippen LogP contribution in [-0.4, -0.2) is 34.6 Å². The summed E-state index contributed by atoms with van der Waals surface area (Å²) in [5.74, 6) is -1.64. The van der Waals surface area contributed by atoms with Crippen LogP contribution >= 0.6 is 0 Å². The SMILES string of the molecule is CC(C)Oc1cccc(C(=O)NCC(C)C(=O)O)n1. The Balaban J connectivity index is 2.64. The number of ether oxygens (including phenoxy) is 1. The normalized spacial score (nSPS) is 12.0. The van der Waals surface area contributed by atoms with Gasteiger partial charge in [-0.15, -0.1) is 0 Å². The van der Waals surface area contributed by atoms with Crippen LogP contribution in [-0.2, 0) is 4.79 Å². The predicted molar refractivity (Wildman–Crippen MR) is 69.1 cm³/mol. The van der Waals surface area contributed by atoms with E-state index in [9.17, 15) is 9.59 Å². The molecule has 0 aliphatic rings. The maximum Gasteiger partial charge on any atom is 0.308 e. The second-order valence-corrected chi connectivity index (χ2v) is 4.48. The molecule has 0 spiro atoms. The maximum absolute atomic E-state index is 11.8. The van der Waals surface area contributed by atoms with E-state index in [0.717, 1.165) is 0 Å². The standard InChI is InChI=1S/C13H18N2O4/c1-8(2)19-11-6-4-5-10(15-11)12(16)14-7-9(3)13(17)18/h4-6,8-9H,7H2,1-3H3,(H,14,16)(H,17,18). The van der Waals surface area contributed by atoms with Crippen molar-refractivity contribution >= 4 is 11.9 Å². The molecule has 0 aliphatic carbocycles. The summed E-state index contributed by atoms with van der Waals surface area (Å²) in [6, 6.07) is 4.88. The summed E-state index contributed by atoms with van der Waals surface area (Å²) in [5.41, 5.74) is 0.204. The lowest BCUT2D eigenvalue weighted by atomic mass is 10.2. The molecular formula is C13H18N2O4. The first-order valence-corrected chi connectivity index (χ1v) is 6.05. The average Bonchev–Trinajstić information content (AvgIpc) is 2.34. The number of hydrogen-bond donors (Lipinski definition) is 2. The van der Waals surface area contributed by atoms with Gasteiger partial charge in [0.15, 0.2) is 0 Å². The zero-order valence-electron chi connectivity index (χ0n) is 11.2. The third kappa shape index (κ3) is 4.95. The summed E-state index contributed by atoms with van der Waals surface area (Å²) in [7, 11) is 0. The molecule has 1 aromatic heterocycles. The van der Waals surface area contributed by atoms with Gasteiger partial charge in [-0.1, -0.05) is 13.0 Å². The molecule has 6 heteroatoms. The van der Waals surface area contributed by atoms with E-state index in [2.05, 4.69) is 10.3 Å². The molecule has 1 unspecified atom stereocenters. The van der Waals surface area contributed by atoms with E-state index in [1.807, 2.05) is 13.8 Å². The van der Waals surface area contributed by atoms with Gasteiger partial charge >= 0.3 is 5.97 Å². The second kappa shape index (κ2) is 6.72. The van der Waals surface area contributed by atoms with Crippen molar-refractivity contribution < 1.29 is 19.4 Å². The van der Waals surface area contributed by atoms with Crippen LogP contribution < -0.4 is 10.1 Å². The van der Waals surface area contributed by atoms with Gasteiger partial charge in [-0.2, -0.15) is 0 Å². The number of aliphatic carboxylic acids is 1. The number of nitrogens with zero attached hydrogens (tertiary/aromatic N) is 1. The average molecular weight is 266 g/mol. The van der Waals surface area contributed by atoms with E-state index >= 15 is 0 Å². The number of hydrogen-bond acceptors (Lipinski definition) is 4. The predicted octanol–water partition coefficient (Wildman–Crippen LogP) is 1.32. The highest BCUT2D eigenvalue weighted by Gasteiger charge is 2.14. The fourth-order valence-electron chi connectivity index (χ4n) is 1.27. The molecule has 0 fully saturated rings. The van der Waals surface area contributed by atoms with Crippen molar-refractivity contribution in [2.75, 3.05) is 6.54 Å². The van der Waals surface area contributed by atoms with E-state index in [1.165, 1.54) is 6.92 Å². The zero-order valence-corrected chi connectivity index (χ0v) is 11.2. The number of pyridine rings is 1. The molecule has 6 nitrogen and oxygen atoms in total. The van der Waals surface area contributed by atoms with E-state index in [4.69, 9.17) is 9.84 Å². The van der Waals surface area contributed by atoms with Gasteiger partial charge in [0.25, 0.3) is 5.91 Å². The van der Waals surface area contributed by atoms with Crippen molar-refractivity contribution in [1.82, 2.24) is 10.3 Å². The van der Waals surface area contributed by atoms with Crippen LogP contribution in [0.2, 0.25) is 0 Å². The Kier molecular flexibility index (Phi) is 5.29. The summed E-state index contributed by atoms with van der Waals surface area (Å²) >= 11 is 0. The van der Waals surface area contributed by atoms with Crippen LogP contribution in [0.1, 0.15) is 31.3 Å². The van der Waals surface area contributed by atoms with Gasteiger partial charge in [0.05, 0.1) is 12.0 Å². The molecule has 19 heavy (non-hydrogen) atoms. The van der Waals surface area contributed by atoms with Gasteiger partial charge in [-0.3, -0.25) is 9.59 Å². The van der Waals surface area contributed by atoms with Crippen molar-refractivity contribution in [1.29, 1.82) is 0 Å². The van der Waals surface area contributed by atoms with E-state index in [-0.39, 0.29) is 18.3 Å². The van der Waals surface area contributed by atoms with Crippen LogP contribution in [0.3, 0.4) is 0 Å².